The standard InChI is InChI=1S/C15H18BrNO/c1-2-3-4-5-9-17-10-8-12-11-13(16)6-7-14(12)15(17)18/h6-8,10-11H,2-5,9H2,1H3. The van der Waals surface area contributed by atoms with Gasteiger partial charge in [-0.25, -0.2) is 0 Å². The van der Waals surface area contributed by atoms with Gasteiger partial charge in [0.2, 0.25) is 0 Å². The minimum Gasteiger partial charge on any atom is -0.315 e. The molecule has 96 valence electrons. The van der Waals surface area contributed by atoms with Crippen LogP contribution in [0.3, 0.4) is 0 Å². The molecule has 0 saturated heterocycles. The third-order valence-electron chi connectivity index (χ3n) is 3.19. The molecule has 0 atom stereocenters. The van der Waals surface area contributed by atoms with Crippen LogP contribution in [0.15, 0.2) is 39.7 Å². The first-order valence-electron chi connectivity index (χ1n) is 6.51. The average molecular weight is 308 g/mol. The molecule has 0 N–H and O–H groups in total. The Hall–Kier alpha value is -1.09. The average Bonchev–Trinajstić information content (AvgIpc) is 2.37. The molecule has 0 spiro atoms. The predicted molar refractivity (Wildman–Crippen MR) is 80.1 cm³/mol. The van der Waals surface area contributed by atoms with Gasteiger partial charge in [0.1, 0.15) is 0 Å². The van der Waals surface area contributed by atoms with E-state index in [1.165, 1.54) is 19.3 Å². The maximum Gasteiger partial charge on any atom is 0.258 e. The molecule has 2 aromatic rings. The van der Waals surface area contributed by atoms with Gasteiger partial charge in [-0.15, -0.1) is 0 Å². The maximum absolute atomic E-state index is 12.3. The summed E-state index contributed by atoms with van der Waals surface area (Å²) in [6.45, 7) is 3.02. The zero-order valence-corrected chi connectivity index (χ0v) is 12.2. The zero-order chi connectivity index (χ0) is 13.0. The fraction of sp³-hybridized carbons (Fsp3) is 0.400. The maximum atomic E-state index is 12.3. The lowest BCUT2D eigenvalue weighted by molar-refractivity contribution is 0.573. The van der Waals surface area contributed by atoms with E-state index in [9.17, 15) is 4.79 Å². The van der Waals surface area contributed by atoms with E-state index in [0.29, 0.717) is 0 Å². The highest BCUT2D eigenvalue weighted by Crippen LogP contribution is 2.16. The SMILES string of the molecule is CCCCCCn1ccc2cc(Br)ccc2c1=O. The highest BCUT2D eigenvalue weighted by atomic mass is 79.9. The quantitative estimate of drug-likeness (QED) is 0.753. The largest absolute Gasteiger partial charge is 0.315 e. The van der Waals surface area contributed by atoms with Crippen molar-refractivity contribution in [2.45, 2.75) is 39.2 Å². The summed E-state index contributed by atoms with van der Waals surface area (Å²) in [5, 5.41) is 1.80. The van der Waals surface area contributed by atoms with Crippen LogP contribution >= 0.6 is 15.9 Å². The zero-order valence-electron chi connectivity index (χ0n) is 10.7. The van der Waals surface area contributed by atoms with E-state index in [1.807, 2.05) is 35.0 Å². The number of nitrogens with zero attached hydrogens (tertiary/aromatic N) is 1. The second-order valence-electron chi connectivity index (χ2n) is 4.61. The lowest BCUT2D eigenvalue weighted by Gasteiger charge is -2.07. The van der Waals surface area contributed by atoms with Crippen LogP contribution in [0.5, 0.6) is 0 Å². The molecule has 2 nitrogen and oxygen atoms in total. The highest BCUT2D eigenvalue weighted by Gasteiger charge is 2.02. The van der Waals surface area contributed by atoms with E-state index in [0.717, 1.165) is 28.2 Å². The molecule has 0 fully saturated rings. The van der Waals surface area contributed by atoms with Crippen molar-refractivity contribution >= 4 is 26.7 Å². The summed E-state index contributed by atoms with van der Waals surface area (Å²) in [5.41, 5.74) is 0.122. The molecule has 0 radical (unpaired) electrons. The number of aryl methyl sites for hydroxylation is 1. The smallest absolute Gasteiger partial charge is 0.258 e. The molecule has 0 bridgehead atoms. The summed E-state index contributed by atoms with van der Waals surface area (Å²) in [6.07, 6.45) is 6.65. The predicted octanol–water partition coefficient (Wildman–Crippen LogP) is 4.34. The number of halogens is 1. The van der Waals surface area contributed by atoms with Crippen molar-refractivity contribution in [1.29, 1.82) is 0 Å². The van der Waals surface area contributed by atoms with E-state index in [4.69, 9.17) is 0 Å². The second-order valence-corrected chi connectivity index (χ2v) is 5.52. The summed E-state index contributed by atoms with van der Waals surface area (Å²) in [7, 11) is 0. The van der Waals surface area contributed by atoms with Gasteiger partial charge in [-0.05, 0) is 36.1 Å². The first-order chi connectivity index (χ1) is 8.72. The highest BCUT2D eigenvalue weighted by molar-refractivity contribution is 9.10. The van der Waals surface area contributed by atoms with Gasteiger partial charge >= 0.3 is 0 Å². The minimum absolute atomic E-state index is 0.122. The van der Waals surface area contributed by atoms with Gasteiger partial charge in [-0.1, -0.05) is 42.1 Å². The number of fused-ring (bicyclic) bond motifs is 1. The summed E-state index contributed by atoms with van der Waals surface area (Å²) in [4.78, 5) is 12.3. The molecule has 2 rings (SSSR count). The Kier molecular flexibility index (Phi) is 4.59. The Balaban J connectivity index is 2.23. The molecule has 0 unspecified atom stereocenters. The van der Waals surface area contributed by atoms with Crippen LogP contribution in [0.2, 0.25) is 0 Å². The van der Waals surface area contributed by atoms with Crippen molar-refractivity contribution in [3.05, 3.63) is 45.3 Å². The van der Waals surface area contributed by atoms with Crippen molar-refractivity contribution < 1.29 is 0 Å². The fourth-order valence-electron chi connectivity index (χ4n) is 2.14. The van der Waals surface area contributed by atoms with Crippen LogP contribution in [0.1, 0.15) is 32.6 Å². The van der Waals surface area contributed by atoms with Crippen LogP contribution in [0, 0.1) is 0 Å². The van der Waals surface area contributed by atoms with Crippen molar-refractivity contribution in [1.82, 2.24) is 4.57 Å². The number of hydrogen-bond acceptors (Lipinski definition) is 1. The first kappa shape index (κ1) is 13.3. The molecule has 1 aromatic heterocycles. The minimum atomic E-state index is 0.122. The molecular formula is C15H18BrNO. The molecule has 0 aliphatic carbocycles. The van der Waals surface area contributed by atoms with Crippen LogP contribution in [0.4, 0.5) is 0 Å². The Morgan fingerprint density at radius 1 is 1.17 bits per heavy atom. The normalized spacial score (nSPS) is 11.0. The molecule has 0 amide bonds. The van der Waals surface area contributed by atoms with E-state index < -0.39 is 0 Å². The lowest BCUT2D eigenvalue weighted by atomic mass is 10.1. The summed E-state index contributed by atoms with van der Waals surface area (Å²) in [5.74, 6) is 0. The van der Waals surface area contributed by atoms with Crippen LogP contribution in [-0.2, 0) is 6.54 Å². The molecule has 18 heavy (non-hydrogen) atoms. The first-order valence-corrected chi connectivity index (χ1v) is 7.30. The van der Waals surface area contributed by atoms with E-state index >= 15 is 0 Å². The third-order valence-corrected chi connectivity index (χ3v) is 3.68. The molecular weight excluding hydrogens is 290 g/mol. The molecule has 0 aliphatic rings. The molecule has 1 heterocycles. The number of benzene rings is 1. The molecule has 0 aliphatic heterocycles. The number of rotatable bonds is 5. The lowest BCUT2D eigenvalue weighted by Crippen LogP contribution is -2.19. The van der Waals surface area contributed by atoms with Crippen molar-refractivity contribution in [3.63, 3.8) is 0 Å². The summed E-state index contributed by atoms with van der Waals surface area (Å²) in [6, 6.07) is 7.81. The monoisotopic (exact) mass is 307 g/mol. The van der Waals surface area contributed by atoms with Crippen LogP contribution in [-0.4, -0.2) is 4.57 Å². The van der Waals surface area contributed by atoms with E-state index in [2.05, 4.69) is 22.9 Å². The molecule has 1 aromatic carbocycles. The van der Waals surface area contributed by atoms with E-state index in [-0.39, 0.29) is 5.56 Å². The molecule has 0 saturated carbocycles. The fourth-order valence-corrected chi connectivity index (χ4v) is 2.52. The van der Waals surface area contributed by atoms with Gasteiger partial charge in [0.25, 0.3) is 5.56 Å². The number of unbranched alkanes of at least 4 members (excludes halogenated alkanes) is 3. The van der Waals surface area contributed by atoms with Crippen molar-refractivity contribution in [2.75, 3.05) is 0 Å². The Bertz CT molecular complexity index is 589. The Morgan fingerprint density at radius 2 is 2.00 bits per heavy atom. The third kappa shape index (κ3) is 3.02. The van der Waals surface area contributed by atoms with Crippen molar-refractivity contribution in [2.24, 2.45) is 0 Å². The number of hydrogen-bond donors (Lipinski definition) is 0. The van der Waals surface area contributed by atoms with Gasteiger partial charge in [-0.3, -0.25) is 4.79 Å². The van der Waals surface area contributed by atoms with Gasteiger partial charge in [-0.2, -0.15) is 0 Å². The number of aromatic nitrogens is 1. The summed E-state index contributed by atoms with van der Waals surface area (Å²) >= 11 is 3.43. The van der Waals surface area contributed by atoms with Gasteiger partial charge in [0.15, 0.2) is 0 Å². The van der Waals surface area contributed by atoms with Gasteiger partial charge in [0.05, 0.1) is 0 Å². The topological polar surface area (TPSA) is 22.0 Å². The number of pyridine rings is 1. The van der Waals surface area contributed by atoms with Gasteiger partial charge < -0.3 is 4.57 Å². The second kappa shape index (κ2) is 6.19. The Morgan fingerprint density at radius 3 is 2.78 bits per heavy atom. The van der Waals surface area contributed by atoms with Crippen LogP contribution < -0.4 is 5.56 Å². The Labute approximate surface area is 116 Å². The van der Waals surface area contributed by atoms with Crippen molar-refractivity contribution in [3.8, 4) is 0 Å². The van der Waals surface area contributed by atoms with Crippen LogP contribution in [0.25, 0.3) is 10.8 Å². The van der Waals surface area contributed by atoms with Gasteiger partial charge in [0, 0.05) is 22.6 Å². The van der Waals surface area contributed by atoms with E-state index in [1.54, 1.807) is 0 Å². The summed E-state index contributed by atoms with van der Waals surface area (Å²) < 4.78 is 2.83. The molecule has 3 heteroatoms.